The maximum absolute atomic E-state index is 5.23. The van der Waals surface area contributed by atoms with E-state index in [9.17, 15) is 0 Å². The number of ether oxygens (including phenoxy) is 1. The van der Waals surface area contributed by atoms with Gasteiger partial charge in [-0.05, 0) is 48.6 Å². The number of aromatic nitrogens is 1. The van der Waals surface area contributed by atoms with E-state index in [4.69, 9.17) is 9.73 Å². The molecule has 0 N–H and O–H groups in total. The highest BCUT2D eigenvalue weighted by molar-refractivity contribution is 7.14. The van der Waals surface area contributed by atoms with Gasteiger partial charge in [0.2, 0.25) is 0 Å². The van der Waals surface area contributed by atoms with Gasteiger partial charge < -0.3 is 9.30 Å². The highest BCUT2D eigenvalue weighted by Gasteiger charge is 2.21. The molecule has 3 nitrogen and oxygen atoms in total. The Kier molecular flexibility index (Phi) is 4.54. The van der Waals surface area contributed by atoms with Gasteiger partial charge in [-0.25, -0.2) is 4.99 Å². The van der Waals surface area contributed by atoms with Gasteiger partial charge >= 0.3 is 0 Å². The van der Waals surface area contributed by atoms with Gasteiger partial charge in [0.05, 0.1) is 23.4 Å². The van der Waals surface area contributed by atoms with Crippen molar-refractivity contribution in [1.29, 1.82) is 0 Å². The van der Waals surface area contributed by atoms with Crippen LogP contribution in [0.3, 0.4) is 0 Å². The molecule has 0 bridgehead atoms. The molecule has 0 saturated heterocycles. The van der Waals surface area contributed by atoms with Crippen molar-refractivity contribution in [3.05, 3.63) is 52.0 Å². The predicted molar refractivity (Wildman–Crippen MR) is 101 cm³/mol. The van der Waals surface area contributed by atoms with Crippen LogP contribution in [-0.4, -0.2) is 11.7 Å². The van der Waals surface area contributed by atoms with E-state index in [1.54, 1.807) is 29.8 Å². The van der Waals surface area contributed by atoms with Crippen molar-refractivity contribution >= 4 is 28.4 Å². The van der Waals surface area contributed by atoms with E-state index < -0.39 is 0 Å². The van der Waals surface area contributed by atoms with Crippen molar-refractivity contribution in [2.24, 2.45) is 4.99 Å². The van der Waals surface area contributed by atoms with E-state index in [-0.39, 0.29) is 0 Å². The third-order valence-corrected chi connectivity index (χ3v) is 6.23. The fourth-order valence-electron chi connectivity index (χ4n) is 3.29. The van der Waals surface area contributed by atoms with Crippen LogP contribution in [-0.2, 0) is 0 Å². The number of hydrogen-bond donors (Lipinski definition) is 0. The Morgan fingerprint density at radius 3 is 2.54 bits per heavy atom. The normalized spacial score (nSPS) is 16.0. The van der Waals surface area contributed by atoms with Crippen molar-refractivity contribution in [1.82, 2.24) is 4.57 Å². The molecule has 0 unspecified atom stereocenters. The average molecular weight is 357 g/mol. The quantitative estimate of drug-likeness (QED) is 0.594. The Balaban J connectivity index is 1.80. The predicted octanol–water partition coefficient (Wildman–Crippen LogP) is 5.63. The molecule has 2 heterocycles. The average Bonchev–Trinajstić information content (AvgIpc) is 3.36. The van der Waals surface area contributed by atoms with Crippen LogP contribution in [0.2, 0.25) is 0 Å². The Morgan fingerprint density at radius 2 is 1.88 bits per heavy atom. The lowest BCUT2D eigenvalue weighted by Crippen LogP contribution is -2.19. The lowest BCUT2D eigenvalue weighted by molar-refractivity contribution is 0.415. The van der Waals surface area contributed by atoms with Gasteiger partial charge in [0.15, 0.2) is 4.80 Å². The van der Waals surface area contributed by atoms with Crippen molar-refractivity contribution in [3.63, 3.8) is 0 Å². The summed E-state index contributed by atoms with van der Waals surface area (Å²) in [6.07, 6.45) is 5.15. The molecule has 0 amide bonds. The fourth-order valence-corrected chi connectivity index (χ4v) is 5.08. The monoisotopic (exact) mass is 356 g/mol. The van der Waals surface area contributed by atoms with Crippen molar-refractivity contribution < 1.29 is 4.74 Å². The molecule has 0 radical (unpaired) electrons. The summed E-state index contributed by atoms with van der Waals surface area (Å²) < 4.78 is 7.70. The fraction of sp³-hybridized carbons (Fsp3) is 0.316. The third kappa shape index (κ3) is 3.06. The molecule has 0 spiro atoms. The van der Waals surface area contributed by atoms with E-state index in [0.717, 1.165) is 16.2 Å². The minimum absolute atomic E-state index is 0.574. The van der Waals surface area contributed by atoms with Crippen LogP contribution in [0.15, 0.2) is 52.2 Å². The maximum atomic E-state index is 5.23. The molecule has 5 heteroatoms. The van der Waals surface area contributed by atoms with Crippen LogP contribution in [0, 0.1) is 0 Å². The molecule has 0 atom stereocenters. The van der Waals surface area contributed by atoms with E-state index >= 15 is 0 Å². The van der Waals surface area contributed by atoms with Gasteiger partial charge in [-0.15, -0.1) is 22.7 Å². The third-order valence-electron chi connectivity index (χ3n) is 4.50. The summed E-state index contributed by atoms with van der Waals surface area (Å²) in [4.78, 5) is 7.34. The lowest BCUT2D eigenvalue weighted by atomic mass is 10.2. The van der Waals surface area contributed by atoms with Crippen LogP contribution < -0.4 is 9.54 Å². The number of nitrogens with zero attached hydrogens (tertiary/aromatic N) is 2. The van der Waals surface area contributed by atoms with E-state index in [1.165, 1.54) is 36.3 Å². The number of hydrogen-bond acceptors (Lipinski definition) is 4. The molecule has 1 fully saturated rings. The number of rotatable bonds is 4. The zero-order chi connectivity index (χ0) is 16.4. The Morgan fingerprint density at radius 1 is 1.08 bits per heavy atom. The first-order chi connectivity index (χ1) is 11.8. The summed E-state index contributed by atoms with van der Waals surface area (Å²) >= 11 is 3.54. The lowest BCUT2D eigenvalue weighted by Gasteiger charge is -2.15. The molecular weight excluding hydrogens is 336 g/mol. The number of methoxy groups -OCH3 is 1. The highest BCUT2D eigenvalue weighted by atomic mass is 32.1. The first-order valence-electron chi connectivity index (χ1n) is 8.28. The summed E-state index contributed by atoms with van der Waals surface area (Å²) in [5, 5.41) is 4.40. The van der Waals surface area contributed by atoms with Gasteiger partial charge in [-0.1, -0.05) is 18.9 Å². The Labute approximate surface area is 149 Å². The first kappa shape index (κ1) is 15.7. The molecule has 3 aromatic rings. The summed E-state index contributed by atoms with van der Waals surface area (Å²) in [5.41, 5.74) is 2.29. The summed E-state index contributed by atoms with van der Waals surface area (Å²) in [6.45, 7) is 0. The van der Waals surface area contributed by atoms with E-state index in [0.29, 0.717) is 6.04 Å². The summed E-state index contributed by atoms with van der Waals surface area (Å²) in [6, 6.07) is 12.9. The minimum atomic E-state index is 0.574. The SMILES string of the molecule is COc1ccc(N=c2scc(-c3cccs3)n2C2CCCC2)cc1. The van der Waals surface area contributed by atoms with Crippen molar-refractivity contribution in [3.8, 4) is 16.3 Å². The minimum Gasteiger partial charge on any atom is -0.497 e. The number of thiazole rings is 1. The second-order valence-corrected chi connectivity index (χ2v) is 7.78. The molecular formula is C19H20N2OS2. The van der Waals surface area contributed by atoms with Crippen LogP contribution >= 0.6 is 22.7 Å². The second kappa shape index (κ2) is 6.95. The topological polar surface area (TPSA) is 26.5 Å². The largest absolute Gasteiger partial charge is 0.497 e. The smallest absolute Gasteiger partial charge is 0.190 e. The summed E-state index contributed by atoms with van der Waals surface area (Å²) in [5.74, 6) is 0.864. The molecule has 1 aromatic carbocycles. The van der Waals surface area contributed by atoms with E-state index in [1.807, 2.05) is 24.3 Å². The molecule has 1 aliphatic rings. The van der Waals surface area contributed by atoms with Gasteiger partial charge in [0, 0.05) is 11.4 Å². The molecule has 24 heavy (non-hydrogen) atoms. The molecule has 0 aliphatic heterocycles. The van der Waals surface area contributed by atoms with Gasteiger partial charge in [-0.3, -0.25) is 0 Å². The van der Waals surface area contributed by atoms with Gasteiger partial charge in [-0.2, -0.15) is 0 Å². The second-order valence-electron chi connectivity index (χ2n) is 6.00. The van der Waals surface area contributed by atoms with Crippen LogP contribution in [0.25, 0.3) is 10.6 Å². The number of benzene rings is 1. The zero-order valence-electron chi connectivity index (χ0n) is 13.6. The number of thiophene rings is 1. The Hall–Kier alpha value is -1.85. The van der Waals surface area contributed by atoms with Crippen LogP contribution in [0.5, 0.6) is 5.75 Å². The van der Waals surface area contributed by atoms with Gasteiger partial charge in [0.25, 0.3) is 0 Å². The van der Waals surface area contributed by atoms with Crippen LogP contribution in [0.4, 0.5) is 5.69 Å². The molecule has 1 saturated carbocycles. The van der Waals surface area contributed by atoms with Crippen molar-refractivity contribution in [2.75, 3.05) is 7.11 Å². The molecule has 124 valence electrons. The van der Waals surface area contributed by atoms with E-state index in [2.05, 4.69) is 27.5 Å². The zero-order valence-corrected chi connectivity index (χ0v) is 15.3. The summed E-state index contributed by atoms with van der Waals surface area (Å²) in [7, 11) is 1.69. The maximum Gasteiger partial charge on any atom is 0.190 e. The van der Waals surface area contributed by atoms with Crippen molar-refractivity contribution in [2.45, 2.75) is 31.7 Å². The van der Waals surface area contributed by atoms with Crippen LogP contribution in [0.1, 0.15) is 31.7 Å². The Bertz CT molecular complexity index is 854. The van der Waals surface area contributed by atoms with Gasteiger partial charge in [0.1, 0.15) is 5.75 Å². The first-order valence-corrected chi connectivity index (χ1v) is 10.0. The molecule has 4 rings (SSSR count). The molecule has 1 aliphatic carbocycles. The standard InChI is InChI=1S/C19H20N2OS2/c1-22-16-10-8-14(9-11-16)20-19-21(15-5-2-3-6-15)17(13-24-19)18-7-4-12-23-18/h4,7-13,15H,2-3,5-6H2,1H3. The molecule has 2 aromatic heterocycles. The highest BCUT2D eigenvalue weighted by Crippen LogP contribution is 2.35.